The summed E-state index contributed by atoms with van der Waals surface area (Å²) in [5.41, 5.74) is 3.03. The molecule has 0 bridgehead atoms. The van der Waals surface area contributed by atoms with Crippen molar-refractivity contribution in [1.29, 1.82) is 0 Å². The van der Waals surface area contributed by atoms with Gasteiger partial charge >= 0.3 is 5.97 Å². The monoisotopic (exact) mass is 431 g/mol. The molecule has 2 aromatic rings. The van der Waals surface area contributed by atoms with Crippen LogP contribution in [0.5, 0.6) is 0 Å². The highest BCUT2D eigenvalue weighted by molar-refractivity contribution is 8.01. The molecule has 1 aromatic heterocycles. The Labute approximate surface area is 183 Å². The third kappa shape index (κ3) is 5.67. The van der Waals surface area contributed by atoms with Gasteiger partial charge in [-0.05, 0) is 70.3 Å². The molecule has 30 heavy (non-hydrogen) atoms. The number of benzene rings is 1. The van der Waals surface area contributed by atoms with E-state index in [0.717, 1.165) is 48.5 Å². The molecule has 0 radical (unpaired) electrons. The van der Waals surface area contributed by atoms with Gasteiger partial charge in [0.15, 0.2) is 0 Å². The van der Waals surface area contributed by atoms with Crippen molar-refractivity contribution in [2.24, 2.45) is 5.92 Å². The van der Waals surface area contributed by atoms with Gasteiger partial charge in [-0.15, -0.1) is 11.8 Å². The van der Waals surface area contributed by atoms with E-state index in [9.17, 15) is 9.90 Å². The van der Waals surface area contributed by atoms with E-state index in [1.807, 2.05) is 32.9 Å². The summed E-state index contributed by atoms with van der Waals surface area (Å²) < 4.78 is 11.4. The average molecular weight is 432 g/mol. The first kappa shape index (κ1) is 22.9. The van der Waals surface area contributed by atoms with Crippen LogP contribution in [0.15, 0.2) is 28.7 Å². The van der Waals surface area contributed by atoms with Gasteiger partial charge in [-0.3, -0.25) is 4.79 Å². The fraction of sp³-hybridized carbons (Fsp3) is 0.583. The Hall–Kier alpha value is -1.79. The molecule has 5 nitrogen and oxygen atoms in total. The van der Waals surface area contributed by atoms with Crippen LogP contribution in [-0.4, -0.2) is 32.7 Å². The molecule has 164 valence electrons. The van der Waals surface area contributed by atoms with Gasteiger partial charge in [-0.1, -0.05) is 31.0 Å². The maximum absolute atomic E-state index is 11.5. The Morgan fingerprint density at radius 1 is 1.30 bits per heavy atom. The second-order valence-corrected chi connectivity index (χ2v) is 10.1. The highest BCUT2D eigenvalue weighted by Gasteiger charge is 2.33. The Balaban J connectivity index is 1.53. The summed E-state index contributed by atoms with van der Waals surface area (Å²) in [6.45, 7) is 8.22. The lowest BCUT2D eigenvalue weighted by Crippen LogP contribution is -2.33. The molecule has 1 heterocycles. The number of aromatic nitrogens is 1. The van der Waals surface area contributed by atoms with E-state index in [1.165, 1.54) is 5.56 Å². The number of carboxylic acid groups (broad SMARTS) is 1. The summed E-state index contributed by atoms with van der Waals surface area (Å²) in [5.74, 6) is 2.09. The summed E-state index contributed by atoms with van der Waals surface area (Å²) in [7, 11) is 0. The predicted octanol–water partition coefficient (Wildman–Crippen LogP) is 6.02. The first-order valence-electron chi connectivity index (χ1n) is 10.8. The lowest BCUT2D eigenvalue weighted by Gasteiger charge is -2.31. The van der Waals surface area contributed by atoms with E-state index in [1.54, 1.807) is 11.8 Å². The molecule has 0 spiro atoms. The first-order valence-corrected chi connectivity index (χ1v) is 11.8. The van der Waals surface area contributed by atoms with Crippen molar-refractivity contribution in [3.8, 4) is 11.5 Å². The van der Waals surface area contributed by atoms with Crippen LogP contribution in [0.4, 0.5) is 0 Å². The predicted molar refractivity (Wildman–Crippen MR) is 121 cm³/mol. The second kappa shape index (κ2) is 10.0. The fourth-order valence-electron chi connectivity index (χ4n) is 3.74. The largest absolute Gasteiger partial charge is 0.480 e. The molecular formula is C24H33NO4S. The van der Waals surface area contributed by atoms with Crippen LogP contribution in [0.1, 0.15) is 63.0 Å². The second-order valence-electron chi connectivity index (χ2n) is 8.55. The number of aliphatic carboxylic acids is 1. The SMILES string of the molecule is CCC(C)(SCC1CCCC(OCc2nc(-c3ccc(C)cc3)oc2C)C1)C(=O)O. The lowest BCUT2D eigenvalue weighted by atomic mass is 9.88. The number of carboxylic acids is 1. The topological polar surface area (TPSA) is 72.6 Å². The highest BCUT2D eigenvalue weighted by atomic mass is 32.2. The Morgan fingerprint density at radius 3 is 2.70 bits per heavy atom. The molecule has 0 aliphatic heterocycles. The van der Waals surface area contributed by atoms with Crippen LogP contribution in [-0.2, 0) is 16.1 Å². The molecule has 6 heteroatoms. The zero-order chi connectivity index (χ0) is 21.7. The summed E-state index contributed by atoms with van der Waals surface area (Å²) in [5, 5.41) is 9.49. The zero-order valence-corrected chi connectivity index (χ0v) is 19.3. The van der Waals surface area contributed by atoms with Crippen LogP contribution >= 0.6 is 11.8 Å². The van der Waals surface area contributed by atoms with Crippen molar-refractivity contribution in [1.82, 2.24) is 4.98 Å². The quantitative estimate of drug-likeness (QED) is 0.523. The Kier molecular flexibility index (Phi) is 7.64. The number of oxazole rings is 1. The van der Waals surface area contributed by atoms with Gasteiger partial charge in [0.05, 0.1) is 12.7 Å². The highest BCUT2D eigenvalue weighted by Crippen LogP contribution is 2.36. The number of rotatable bonds is 9. The molecular weight excluding hydrogens is 398 g/mol. The molecule has 1 saturated carbocycles. The summed E-state index contributed by atoms with van der Waals surface area (Å²) in [6, 6.07) is 8.16. The smallest absolute Gasteiger partial charge is 0.319 e. The minimum atomic E-state index is -0.718. The fourth-order valence-corrected chi connectivity index (χ4v) is 4.97. The van der Waals surface area contributed by atoms with Gasteiger partial charge in [-0.25, -0.2) is 4.98 Å². The third-order valence-electron chi connectivity index (χ3n) is 6.15. The molecule has 0 saturated heterocycles. The molecule has 3 unspecified atom stereocenters. The number of nitrogens with zero attached hydrogens (tertiary/aromatic N) is 1. The first-order chi connectivity index (χ1) is 14.3. The molecule has 1 aliphatic rings. The number of carbonyl (C=O) groups is 1. The van der Waals surface area contributed by atoms with Crippen LogP contribution in [0.3, 0.4) is 0 Å². The normalized spacial score (nSPS) is 21.3. The Morgan fingerprint density at radius 2 is 2.03 bits per heavy atom. The van der Waals surface area contributed by atoms with Gasteiger partial charge in [0.1, 0.15) is 16.2 Å². The molecule has 0 amide bonds. The van der Waals surface area contributed by atoms with Gasteiger partial charge in [0.25, 0.3) is 0 Å². The van der Waals surface area contributed by atoms with Gasteiger partial charge in [0, 0.05) is 5.56 Å². The van der Waals surface area contributed by atoms with E-state index in [0.29, 0.717) is 24.8 Å². The summed E-state index contributed by atoms with van der Waals surface area (Å²) in [6.07, 6.45) is 5.13. The maximum Gasteiger partial charge on any atom is 0.319 e. The number of aryl methyl sites for hydroxylation is 2. The number of hydrogen-bond acceptors (Lipinski definition) is 5. The van der Waals surface area contributed by atoms with E-state index < -0.39 is 10.7 Å². The molecule has 3 atom stereocenters. The summed E-state index contributed by atoms with van der Waals surface area (Å²) >= 11 is 1.58. The van der Waals surface area contributed by atoms with Gasteiger partial charge in [0.2, 0.25) is 5.89 Å². The minimum Gasteiger partial charge on any atom is -0.480 e. The minimum absolute atomic E-state index is 0.195. The van der Waals surface area contributed by atoms with Crippen molar-refractivity contribution < 1.29 is 19.1 Å². The third-order valence-corrected chi connectivity index (χ3v) is 7.88. The standard InChI is InChI=1S/C24H33NO4S/c1-5-24(4,23(26)27)30-15-18-7-6-8-20(13-18)28-14-21-17(3)29-22(25-21)19-11-9-16(2)10-12-19/h9-12,18,20H,5-8,13-15H2,1-4H3,(H,26,27). The van der Waals surface area contributed by atoms with Crippen LogP contribution in [0.25, 0.3) is 11.5 Å². The molecule has 1 fully saturated rings. The van der Waals surface area contributed by atoms with E-state index >= 15 is 0 Å². The Bertz CT molecular complexity index is 847. The molecule has 1 aromatic carbocycles. The maximum atomic E-state index is 11.5. The summed E-state index contributed by atoms with van der Waals surface area (Å²) in [4.78, 5) is 16.2. The zero-order valence-electron chi connectivity index (χ0n) is 18.4. The van der Waals surface area contributed by atoms with Gasteiger partial charge < -0.3 is 14.3 Å². The van der Waals surface area contributed by atoms with Gasteiger partial charge in [-0.2, -0.15) is 0 Å². The molecule has 3 rings (SSSR count). The number of ether oxygens (including phenoxy) is 1. The van der Waals surface area contributed by atoms with Crippen LogP contribution < -0.4 is 0 Å². The van der Waals surface area contributed by atoms with Crippen molar-refractivity contribution >= 4 is 17.7 Å². The van der Waals surface area contributed by atoms with Crippen LogP contribution in [0.2, 0.25) is 0 Å². The van der Waals surface area contributed by atoms with Crippen molar-refractivity contribution in [2.45, 2.75) is 77.3 Å². The molecule has 1 aliphatic carbocycles. The van der Waals surface area contributed by atoms with Crippen molar-refractivity contribution in [3.63, 3.8) is 0 Å². The number of thioether (sulfide) groups is 1. The average Bonchev–Trinajstić information content (AvgIpc) is 3.11. The number of hydrogen-bond donors (Lipinski definition) is 1. The van der Waals surface area contributed by atoms with E-state index in [2.05, 4.69) is 24.0 Å². The van der Waals surface area contributed by atoms with E-state index in [4.69, 9.17) is 9.15 Å². The van der Waals surface area contributed by atoms with Crippen LogP contribution in [0, 0.1) is 19.8 Å². The van der Waals surface area contributed by atoms with Crippen molar-refractivity contribution in [2.75, 3.05) is 5.75 Å². The van der Waals surface area contributed by atoms with Crippen molar-refractivity contribution in [3.05, 3.63) is 41.3 Å². The lowest BCUT2D eigenvalue weighted by molar-refractivity contribution is -0.139. The molecule has 1 N–H and O–H groups in total. The van der Waals surface area contributed by atoms with E-state index in [-0.39, 0.29) is 6.10 Å².